The van der Waals surface area contributed by atoms with Crippen molar-refractivity contribution in [2.45, 2.75) is 57.3 Å². The zero-order valence-electron chi connectivity index (χ0n) is 24.7. The predicted molar refractivity (Wildman–Crippen MR) is 178 cm³/mol. The molecule has 1 fully saturated rings. The van der Waals surface area contributed by atoms with Crippen molar-refractivity contribution in [2.24, 2.45) is 0 Å². The van der Waals surface area contributed by atoms with E-state index in [2.05, 4.69) is 149 Å². The van der Waals surface area contributed by atoms with E-state index in [4.69, 9.17) is 9.31 Å². The van der Waals surface area contributed by atoms with Crippen LogP contribution in [0.2, 0.25) is 0 Å². The standard InChI is InChI=1S/C37H34BNO2S/c1-35(2)36(3,4)41-38(40-35)26-19-20-37(5)30-17-15-25(22-31(30)39(34(37)23-26)27-11-7-6-8-12-27)24-16-18-33-29(21-24)28-13-9-10-14-32(28)42-33/h6-23,34H,1-5H3. The second kappa shape index (κ2) is 8.93. The van der Waals surface area contributed by atoms with Crippen molar-refractivity contribution in [1.82, 2.24) is 0 Å². The number of nitrogens with zero attached hydrogens (tertiary/aromatic N) is 1. The van der Waals surface area contributed by atoms with Crippen LogP contribution in [0.3, 0.4) is 0 Å². The van der Waals surface area contributed by atoms with E-state index >= 15 is 0 Å². The molecule has 5 heteroatoms. The molecule has 4 aromatic carbocycles. The second-order valence-corrected chi connectivity index (χ2v) is 14.1. The number of hydrogen-bond acceptors (Lipinski definition) is 4. The minimum Gasteiger partial charge on any atom is -0.399 e. The molecule has 0 spiro atoms. The second-order valence-electron chi connectivity index (χ2n) is 13.1. The van der Waals surface area contributed by atoms with Gasteiger partial charge in [0.25, 0.3) is 0 Å². The molecular formula is C37H34BNO2S. The predicted octanol–water partition coefficient (Wildman–Crippen LogP) is 9.63. The molecule has 0 radical (unpaired) electrons. The van der Waals surface area contributed by atoms with E-state index < -0.39 is 0 Å². The summed E-state index contributed by atoms with van der Waals surface area (Å²) < 4.78 is 15.6. The van der Waals surface area contributed by atoms with Gasteiger partial charge in [-0.1, -0.05) is 72.8 Å². The van der Waals surface area contributed by atoms with Crippen LogP contribution in [-0.4, -0.2) is 24.4 Å². The number of fused-ring (bicyclic) bond motifs is 6. The first kappa shape index (κ1) is 26.0. The van der Waals surface area contributed by atoms with Crippen LogP contribution < -0.4 is 4.90 Å². The van der Waals surface area contributed by atoms with Gasteiger partial charge in [0.15, 0.2) is 0 Å². The van der Waals surface area contributed by atoms with Gasteiger partial charge in [-0.05, 0) is 93.2 Å². The molecule has 1 aliphatic carbocycles. The summed E-state index contributed by atoms with van der Waals surface area (Å²) in [6, 6.07) is 33.5. The largest absolute Gasteiger partial charge is 0.494 e. The molecule has 0 saturated carbocycles. The number of rotatable bonds is 3. The van der Waals surface area contributed by atoms with Gasteiger partial charge in [-0.2, -0.15) is 0 Å². The normalized spacial score (nSPS) is 23.8. The molecule has 0 N–H and O–H groups in total. The lowest BCUT2D eigenvalue weighted by atomic mass is 9.67. The first-order valence-corrected chi connectivity index (χ1v) is 15.6. The van der Waals surface area contributed by atoms with Crippen molar-refractivity contribution in [3.63, 3.8) is 0 Å². The van der Waals surface area contributed by atoms with Crippen molar-refractivity contribution in [2.75, 3.05) is 4.90 Å². The molecule has 3 nitrogen and oxygen atoms in total. The molecule has 2 atom stereocenters. The zero-order chi connectivity index (χ0) is 28.9. The average molecular weight is 568 g/mol. The highest BCUT2D eigenvalue weighted by molar-refractivity contribution is 7.25. The molecule has 42 heavy (non-hydrogen) atoms. The fourth-order valence-corrected chi connectivity index (χ4v) is 7.90. The summed E-state index contributed by atoms with van der Waals surface area (Å²) in [5.41, 5.74) is 6.37. The lowest BCUT2D eigenvalue weighted by Gasteiger charge is -2.36. The summed E-state index contributed by atoms with van der Waals surface area (Å²) in [6.45, 7) is 10.8. The van der Waals surface area contributed by atoms with Gasteiger partial charge in [-0.25, -0.2) is 0 Å². The molecule has 0 bridgehead atoms. The summed E-state index contributed by atoms with van der Waals surface area (Å²) in [5.74, 6) is 0. The van der Waals surface area contributed by atoms with Crippen LogP contribution in [0.25, 0.3) is 31.3 Å². The lowest BCUT2D eigenvalue weighted by Crippen LogP contribution is -2.41. The number of hydrogen-bond donors (Lipinski definition) is 0. The average Bonchev–Trinajstić information content (AvgIpc) is 3.56. The van der Waals surface area contributed by atoms with Crippen LogP contribution in [0.1, 0.15) is 40.2 Å². The number of anilines is 2. The van der Waals surface area contributed by atoms with E-state index in [1.54, 1.807) is 0 Å². The Balaban J connectivity index is 1.25. The molecule has 208 valence electrons. The fraction of sp³-hybridized carbons (Fsp3) is 0.243. The summed E-state index contributed by atoms with van der Waals surface area (Å²) in [6.07, 6.45) is 6.96. The van der Waals surface area contributed by atoms with Crippen LogP contribution in [0.4, 0.5) is 11.4 Å². The Morgan fingerprint density at radius 2 is 1.38 bits per heavy atom. The molecule has 3 aliphatic rings. The van der Waals surface area contributed by atoms with Crippen molar-refractivity contribution >= 4 is 50.0 Å². The molecule has 1 aromatic heterocycles. The summed E-state index contributed by atoms with van der Waals surface area (Å²) in [7, 11) is -0.389. The fourth-order valence-electron chi connectivity index (χ4n) is 6.82. The Bertz CT molecular complexity index is 1920. The molecule has 0 amide bonds. The number of para-hydroxylation sites is 1. The maximum absolute atomic E-state index is 6.48. The van der Waals surface area contributed by atoms with Crippen molar-refractivity contribution in [3.05, 3.63) is 120 Å². The van der Waals surface area contributed by atoms with Gasteiger partial charge in [0.2, 0.25) is 0 Å². The third-order valence-corrected chi connectivity index (χ3v) is 11.1. The lowest BCUT2D eigenvalue weighted by molar-refractivity contribution is 0.00578. The van der Waals surface area contributed by atoms with Crippen LogP contribution >= 0.6 is 11.3 Å². The summed E-state index contributed by atoms with van der Waals surface area (Å²) in [4.78, 5) is 2.51. The van der Waals surface area contributed by atoms with E-state index in [1.165, 1.54) is 48.2 Å². The SMILES string of the molecule is CC12C=CC(B3OC(C)(C)C(C)(C)O3)=CC1N(c1ccccc1)c1cc(-c3ccc4sc5ccccc5c4c3)ccc12. The first-order chi connectivity index (χ1) is 20.1. The van der Waals surface area contributed by atoms with Gasteiger partial charge < -0.3 is 14.2 Å². The zero-order valence-corrected chi connectivity index (χ0v) is 25.5. The minimum atomic E-state index is -0.389. The quantitative estimate of drug-likeness (QED) is 0.203. The summed E-state index contributed by atoms with van der Waals surface area (Å²) in [5, 5.41) is 2.66. The van der Waals surface area contributed by atoms with Crippen LogP contribution in [0, 0.1) is 0 Å². The third kappa shape index (κ3) is 3.73. The smallest absolute Gasteiger partial charge is 0.399 e. The Labute approximate surface area is 252 Å². The number of allylic oxidation sites excluding steroid dienone is 2. The van der Waals surface area contributed by atoms with E-state index in [9.17, 15) is 0 Å². The topological polar surface area (TPSA) is 21.7 Å². The Hall–Kier alpha value is -3.64. The van der Waals surface area contributed by atoms with Gasteiger partial charge in [0, 0.05) is 37.0 Å². The van der Waals surface area contributed by atoms with Gasteiger partial charge in [0.1, 0.15) is 0 Å². The Kier molecular flexibility index (Phi) is 5.54. The van der Waals surface area contributed by atoms with Crippen molar-refractivity contribution in [1.29, 1.82) is 0 Å². The van der Waals surface area contributed by atoms with E-state index in [-0.39, 0.29) is 29.8 Å². The van der Waals surface area contributed by atoms with Crippen molar-refractivity contribution < 1.29 is 9.31 Å². The molecule has 3 heterocycles. The van der Waals surface area contributed by atoms with E-state index in [0.717, 1.165) is 5.47 Å². The maximum atomic E-state index is 6.48. The van der Waals surface area contributed by atoms with Crippen molar-refractivity contribution in [3.8, 4) is 11.1 Å². The highest BCUT2D eigenvalue weighted by atomic mass is 32.1. The van der Waals surface area contributed by atoms with Crippen LogP contribution in [0.15, 0.2) is 115 Å². The summed E-state index contributed by atoms with van der Waals surface area (Å²) >= 11 is 1.86. The van der Waals surface area contributed by atoms with Gasteiger partial charge >= 0.3 is 7.12 Å². The monoisotopic (exact) mass is 567 g/mol. The minimum absolute atomic E-state index is 0.0903. The van der Waals surface area contributed by atoms with Gasteiger partial charge in [0.05, 0.1) is 17.2 Å². The molecule has 2 unspecified atom stereocenters. The maximum Gasteiger partial charge on any atom is 0.494 e. The Morgan fingerprint density at radius 1 is 0.714 bits per heavy atom. The molecule has 5 aromatic rings. The highest BCUT2D eigenvalue weighted by Crippen LogP contribution is 2.53. The third-order valence-electron chi connectivity index (χ3n) is 9.97. The molecule has 8 rings (SSSR count). The van der Waals surface area contributed by atoms with Gasteiger partial charge in [-0.15, -0.1) is 11.3 Å². The number of thiophene rings is 1. The highest BCUT2D eigenvalue weighted by Gasteiger charge is 2.54. The molecular weight excluding hydrogens is 533 g/mol. The molecule has 1 saturated heterocycles. The van der Waals surface area contributed by atoms with Gasteiger partial charge in [-0.3, -0.25) is 0 Å². The van der Waals surface area contributed by atoms with E-state index in [0.29, 0.717) is 0 Å². The number of benzene rings is 4. The Morgan fingerprint density at radius 3 is 2.17 bits per heavy atom. The van der Waals surface area contributed by atoms with Crippen LogP contribution in [-0.2, 0) is 14.7 Å². The van der Waals surface area contributed by atoms with E-state index in [1.807, 2.05) is 11.3 Å². The molecule has 2 aliphatic heterocycles. The van der Waals surface area contributed by atoms with Crippen LogP contribution in [0.5, 0.6) is 0 Å². The first-order valence-electron chi connectivity index (χ1n) is 14.8.